The molecule has 0 aliphatic heterocycles. The summed E-state index contributed by atoms with van der Waals surface area (Å²) in [6.45, 7) is 1.05. The molecule has 0 bridgehead atoms. The Balaban J connectivity index is 0.00000180. The molecule has 0 radical (unpaired) electrons. The Hall–Kier alpha value is -1.13. The molecular formula is C14H20ClFN2O. The molecule has 0 heterocycles. The van der Waals surface area contributed by atoms with E-state index in [0.29, 0.717) is 31.1 Å². The van der Waals surface area contributed by atoms with Gasteiger partial charge in [-0.05, 0) is 26.0 Å². The van der Waals surface area contributed by atoms with Crippen LogP contribution in [0.4, 0.5) is 4.39 Å². The van der Waals surface area contributed by atoms with E-state index in [0.717, 1.165) is 12.8 Å². The molecule has 3 nitrogen and oxygen atoms in total. The Kier molecular flexibility index (Phi) is 6.25. The number of hydrogen-bond donors (Lipinski definition) is 1. The van der Waals surface area contributed by atoms with E-state index in [1.165, 1.54) is 6.07 Å². The van der Waals surface area contributed by atoms with E-state index in [4.69, 9.17) is 0 Å². The molecule has 0 atom stereocenters. The number of benzene rings is 1. The molecule has 0 aromatic heterocycles. The maximum atomic E-state index is 13.6. The summed E-state index contributed by atoms with van der Waals surface area (Å²) in [4.78, 5) is 13.9. The lowest BCUT2D eigenvalue weighted by atomic mass is 10.2. The van der Waals surface area contributed by atoms with E-state index >= 15 is 0 Å². The summed E-state index contributed by atoms with van der Waals surface area (Å²) in [5.74, 6) is -0.125. The van der Waals surface area contributed by atoms with E-state index in [1.807, 2.05) is 18.0 Å². The number of carbonyl (C=O) groups is 1. The smallest absolute Gasteiger partial charge is 0.224 e. The number of carbonyl (C=O) groups excluding carboxylic acids is 1. The first-order chi connectivity index (χ1) is 8.72. The SMILES string of the molecule is CNCCC(=O)N(Cc1ccccc1F)C1CC1.Cl. The van der Waals surface area contributed by atoms with Crippen molar-refractivity contribution < 1.29 is 9.18 Å². The highest BCUT2D eigenvalue weighted by atomic mass is 35.5. The summed E-state index contributed by atoms with van der Waals surface area (Å²) in [7, 11) is 1.83. The van der Waals surface area contributed by atoms with Crippen LogP contribution in [0.25, 0.3) is 0 Å². The molecular weight excluding hydrogens is 267 g/mol. The highest BCUT2D eigenvalue weighted by Gasteiger charge is 2.32. The van der Waals surface area contributed by atoms with Crippen molar-refractivity contribution in [2.24, 2.45) is 0 Å². The van der Waals surface area contributed by atoms with Crippen LogP contribution in [-0.4, -0.2) is 30.4 Å². The van der Waals surface area contributed by atoms with Crippen LogP contribution >= 0.6 is 12.4 Å². The lowest BCUT2D eigenvalue weighted by Gasteiger charge is -2.22. The van der Waals surface area contributed by atoms with Gasteiger partial charge in [-0.25, -0.2) is 4.39 Å². The van der Waals surface area contributed by atoms with Crippen LogP contribution in [0.3, 0.4) is 0 Å². The summed E-state index contributed by atoms with van der Waals surface area (Å²) in [5, 5.41) is 2.97. The maximum absolute atomic E-state index is 13.6. The zero-order valence-electron chi connectivity index (χ0n) is 11.1. The highest BCUT2D eigenvalue weighted by molar-refractivity contribution is 5.85. The van der Waals surface area contributed by atoms with E-state index in [1.54, 1.807) is 12.1 Å². The molecule has 0 saturated heterocycles. The third-order valence-electron chi connectivity index (χ3n) is 3.20. The Morgan fingerprint density at radius 1 is 1.42 bits per heavy atom. The fraction of sp³-hybridized carbons (Fsp3) is 0.500. The van der Waals surface area contributed by atoms with Crippen molar-refractivity contribution in [2.75, 3.05) is 13.6 Å². The molecule has 0 unspecified atom stereocenters. The number of amides is 1. The quantitative estimate of drug-likeness (QED) is 0.871. The molecule has 1 N–H and O–H groups in total. The van der Waals surface area contributed by atoms with Gasteiger partial charge in [0.2, 0.25) is 5.91 Å². The Labute approximate surface area is 119 Å². The van der Waals surface area contributed by atoms with Crippen LogP contribution < -0.4 is 5.32 Å². The van der Waals surface area contributed by atoms with Crippen LogP contribution in [0, 0.1) is 5.82 Å². The molecule has 1 aliphatic carbocycles. The molecule has 0 spiro atoms. The van der Waals surface area contributed by atoms with Crippen LogP contribution in [-0.2, 0) is 11.3 Å². The minimum Gasteiger partial charge on any atom is -0.335 e. The molecule has 19 heavy (non-hydrogen) atoms. The monoisotopic (exact) mass is 286 g/mol. The summed E-state index contributed by atoms with van der Waals surface area (Å²) in [6.07, 6.45) is 2.56. The molecule has 1 aliphatic rings. The van der Waals surface area contributed by atoms with Gasteiger partial charge in [0, 0.05) is 31.1 Å². The van der Waals surface area contributed by atoms with Gasteiger partial charge in [0.25, 0.3) is 0 Å². The lowest BCUT2D eigenvalue weighted by molar-refractivity contribution is -0.132. The molecule has 106 valence electrons. The van der Waals surface area contributed by atoms with E-state index in [2.05, 4.69) is 5.32 Å². The zero-order valence-corrected chi connectivity index (χ0v) is 11.9. The normalized spacial score (nSPS) is 13.8. The highest BCUT2D eigenvalue weighted by Crippen LogP contribution is 2.29. The number of nitrogens with zero attached hydrogens (tertiary/aromatic N) is 1. The van der Waals surface area contributed by atoms with Gasteiger partial charge in [-0.3, -0.25) is 4.79 Å². The van der Waals surface area contributed by atoms with Crippen LogP contribution in [0.15, 0.2) is 24.3 Å². The van der Waals surface area contributed by atoms with Crippen LogP contribution in [0.2, 0.25) is 0 Å². The summed E-state index contributed by atoms with van der Waals surface area (Å²) in [5.41, 5.74) is 0.599. The van der Waals surface area contributed by atoms with Crippen molar-refractivity contribution in [1.82, 2.24) is 10.2 Å². The molecule has 1 aromatic carbocycles. The predicted octanol–water partition coefficient (Wildman–Crippen LogP) is 2.35. The van der Waals surface area contributed by atoms with Crippen molar-refractivity contribution in [3.8, 4) is 0 Å². The van der Waals surface area contributed by atoms with Crippen LogP contribution in [0.5, 0.6) is 0 Å². The van der Waals surface area contributed by atoms with Crippen molar-refractivity contribution in [3.05, 3.63) is 35.6 Å². The molecule has 5 heteroatoms. The maximum Gasteiger partial charge on any atom is 0.224 e. The zero-order chi connectivity index (χ0) is 13.0. The Morgan fingerprint density at radius 3 is 2.68 bits per heavy atom. The van der Waals surface area contributed by atoms with Crippen molar-refractivity contribution in [2.45, 2.75) is 31.8 Å². The Morgan fingerprint density at radius 2 is 2.11 bits per heavy atom. The minimum absolute atomic E-state index is 0. The van der Waals surface area contributed by atoms with Crippen molar-refractivity contribution in [3.63, 3.8) is 0 Å². The summed E-state index contributed by atoms with van der Waals surface area (Å²) >= 11 is 0. The van der Waals surface area contributed by atoms with Gasteiger partial charge in [0.15, 0.2) is 0 Å². The molecule has 1 fully saturated rings. The molecule has 1 aromatic rings. The van der Waals surface area contributed by atoms with Crippen LogP contribution in [0.1, 0.15) is 24.8 Å². The average Bonchev–Trinajstić information content (AvgIpc) is 3.19. The van der Waals surface area contributed by atoms with Gasteiger partial charge in [-0.1, -0.05) is 18.2 Å². The van der Waals surface area contributed by atoms with Crippen molar-refractivity contribution in [1.29, 1.82) is 0 Å². The largest absolute Gasteiger partial charge is 0.335 e. The van der Waals surface area contributed by atoms with E-state index in [9.17, 15) is 9.18 Å². The Bertz CT molecular complexity index is 424. The molecule has 1 amide bonds. The molecule has 2 rings (SSSR count). The second-order valence-electron chi connectivity index (χ2n) is 4.70. The topological polar surface area (TPSA) is 32.3 Å². The van der Waals surface area contributed by atoms with Gasteiger partial charge in [-0.2, -0.15) is 0 Å². The fourth-order valence-electron chi connectivity index (χ4n) is 1.99. The first-order valence-corrected chi connectivity index (χ1v) is 6.40. The van der Waals surface area contributed by atoms with E-state index < -0.39 is 0 Å². The first kappa shape index (κ1) is 15.9. The third-order valence-corrected chi connectivity index (χ3v) is 3.20. The fourth-order valence-corrected chi connectivity index (χ4v) is 1.99. The van der Waals surface area contributed by atoms with E-state index in [-0.39, 0.29) is 24.1 Å². The second-order valence-corrected chi connectivity index (χ2v) is 4.70. The number of rotatable bonds is 6. The summed E-state index contributed by atoms with van der Waals surface area (Å²) < 4.78 is 13.6. The third kappa shape index (κ3) is 4.48. The number of nitrogens with one attached hydrogen (secondary N) is 1. The summed E-state index contributed by atoms with van der Waals surface area (Å²) in [6, 6.07) is 6.98. The minimum atomic E-state index is -0.232. The number of hydrogen-bond acceptors (Lipinski definition) is 2. The standard InChI is InChI=1S/C14H19FN2O.ClH/c1-16-9-8-14(18)17(12-6-7-12)10-11-4-2-3-5-13(11)15;/h2-5,12,16H,6-10H2,1H3;1H. The van der Waals surface area contributed by atoms with Crippen molar-refractivity contribution >= 4 is 18.3 Å². The lowest BCUT2D eigenvalue weighted by Crippen LogP contribution is -2.34. The van der Waals surface area contributed by atoms with Gasteiger partial charge in [0.1, 0.15) is 5.82 Å². The number of halogens is 2. The molecule has 1 saturated carbocycles. The predicted molar refractivity (Wildman–Crippen MR) is 75.8 cm³/mol. The van der Waals surface area contributed by atoms with Gasteiger partial charge in [-0.15, -0.1) is 12.4 Å². The van der Waals surface area contributed by atoms with Gasteiger partial charge in [0.05, 0.1) is 0 Å². The first-order valence-electron chi connectivity index (χ1n) is 6.40. The van der Waals surface area contributed by atoms with Gasteiger partial charge >= 0.3 is 0 Å². The second kappa shape index (κ2) is 7.46. The van der Waals surface area contributed by atoms with Gasteiger partial charge < -0.3 is 10.2 Å². The average molecular weight is 287 g/mol.